The van der Waals surface area contributed by atoms with E-state index in [1.54, 1.807) is 6.07 Å². The highest BCUT2D eigenvalue weighted by Gasteiger charge is 2.66. The van der Waals surface area contributed by atoms with Crippen LogP contribution in [0.25, 0.3) is 5.57 Å². The number of alkyl halides is 4. The standard InChI is InChI=1S/C26H25F7O2/c1-5-7-17-9-8-16(12-19(17)27)13-35-15(4)23(28)21-14(3)18-10-11-20(34-6-2)24(29)22(18)26(32,33)25(21,30)31/h8-12H,5-7,13H2,1-4H3/b23-15-. The van der Waals surface area contributed by atoms with Crippen molar-refractivity contribution in [2.75, 3.05) is 6.61 Å². The Kier molecular flexibility index (Phi) is 7.57. The van der Waals surface area contributed by atoms with Crippen LogP contribution in [-0.4, -0.2) is 12.5 Å². The van der Waals surface area contributed by atoms with Crippen molar-refractivity contribution in [1.29, 1.82) is 0 Å². The summed E-state index contributed by atoms with van der Waals surface area (Å²) in [6.45, 7) is 4.92. The average Bonchev–Trinajstić information content (AvgIpc) is 2.79. The van der Waals surface area contributed by atoms with Gasteiger partial charge in [0, 0.05) is 0 Å². The summed E-state index contributed by atoms with van der Waals surface area (Å²) < 4.78 is 114. The molecule has 2 aromatic carbocycles. The number of allylic oxidation sites excluding steroid dienone is 4. The van der Waals surface area contributed by atoms with Crippen LogP contribution in [0.3, 0.4) is 0 Å². The van der Waals surface area contributed by atoms with E-state index < -0.39 is 63.1 Å². The predicted octanol–water partition coefficient (Wildman–Crippen LogP) is 8.25. The molecule has 0 bridgehead atoms. The Bertz CT molecular complexity index is 1180. The van der Waals surface area contributed by atoms with Crippen molar-refractivity contribution in [3.8, 4) is 5.75 Å². The molecule has 0 saturated carbocycles. The van der Waals surface area contributed by atoms with Crippen molar-refractivity contribution in [2.24, 2.45) is 0 Å². The van der Waals surface area contributed by atoms with E-state index in [-0.39, 0.29) is 13.2 Å². The van der Waals surface area contributed by atoms with E-state index in [0.29, 0.717) is 17.5 Å². The zero-order valence-electron chi connectivity index (χ0n) is 19.7. The molecule has 3 rings (SSSR count). The number of hydrogen-bond donors (Lipinski definition) is 0. The summed E-state index contributed by atoms with van der Waals surface area (Å²) >= 11 is 0. The van der Waals surface area contributed by atoms with Gasteiger partial charge in [-0.3, -0.25) is 0 Å². The number of rotatable bonds is 8. The van der Waals surface area contributed by atoms with Gasteiger partial charge in [-0.25, -0.2) is 13.2 Å². The maximum Gasteiger partial charge on any atom is 0.343 e. The molecule has 0 N–H and O–H groups in total. The van der Waals surface area contributed by atoms with Crippen LogP contribution in [0.2, 0.25) is 0 Å². The second-order valence-corrected chi connectivity index (χ2v) is 8.22. The van der Waals surface area contributed by atoms with Crippen LogP contribution in [0, 0.1) is 11.6 Å². The van der Waals surface area contributed by atoms with E-state index in [2.05, 4.69) is 0 Å². The topological polar surface area (TPSA) is 18.5 Å². The zero-order valence-corrected chi connectivity index (χ0v) is 19.7. The molecular weight excluding hydrogens is 477 g/mol. The second kappa shape index (κ2) is 9.95. The SMILES string of the molecule is CCCc1ccc(CO/C(C)=C(\F)C2=C(C)c3ccc(OCC)c(F)c3C(F)(F)C2(F)F)cc1F. The van der Waals surface area contributed by atoms with Gasteiger partial charge in [0.25, 0.3) is 0 Å². The number of fused-ring (bicyclic) bond motifs is 1. The first-order valence-electron chi connectivity index (χ1n) is 11.1. The van der Waals surface area contributed by atoms with Crippen LogP contribution in [0.1, 0.15) is 56.4 Å². The van der Waals surface area contributed by atoms with Crippen molar-refractivity contribution in [3.05, 3.63) is 81.4 Å². The lowest BCUT2D eigenvalue weighted by molar-refractivity contribution is -0.196. The van der Waals surface area contributed by atoms with Gasteiger partial charge in [0.2, 0.25) is 0 Å². The van der Waals surface area contributed by atoms with Crippen LogP contribution in [0.4, 0.5) is 30.7 Å². The molecule has 0 fully saturated rings. The third kappa shape index (κ3) is 4.65. The molecule has 0 radical (unpaired) electrons. The summed E-state index contributed by atoms with van der Waals surface area (Å²) in [6.07, 6.45) is 1.25. The number of hydrogen-bond acceptors (Lipinski definition) is 2. The zero-order chi connectivity index (χ0) is 26.1. The molecule has 2 aromatic rings. The third-order valence-corrected chi connectivity index (χ3v) is 5.83. The van der Waals surface area contributed by atoms with E-state index in [1.165, 1.54) is 19.1 Å². The fourth-order valence-electron chi connectivity index (χ4n) is 4.01. The van der Waals surface area contributed by atoms with Crippen molar-refractivity contribution in [2.45, 2.75) is 59.0 Å². The van der Waals surface area contributed by atoms with Crippen LogP contribution < -0.4 is 4.74 Å². The summed E-state index contributed by atoms with van der Waals surface area (Å²) in [5.74, 6) is -15.3. The van der Waals surface area contributed by atoms with Gasteiger partial charge in [0.15, 0.2) is 17.4 Å². The maximum atomic E-state index is 15.2. The molecule has 0 aliphatic heterocycles. The smallest absolute Gasteiger partial charge is 0.343 e. The van der Waals surface area contributed by atoms with Gasteiger partial charge in [0.05, 0.1) is 17.7 Å². The molecule has 1 aliphatic rings. The van der Waals surface area contributed by atoms with E-state index in [9.17, 15) is 17.6 Å². The Hall–Kier alpha value is -2.97. The van der Waals surface area contributed by atoms with Crippen LogP contribution in [-0.2, 0) is 23.7 Å². The fourth-order valence-corrected chi connectivity index (χ4v) is 4.01. The summed E-state index contributed by atoms with van der Waals surface area (Å²) in [5.41, 5.74) is -3.49. The molecule has 0 unspecified atom stereocenters. The first kappa shape index (κ1) is 26.6. The van der Waals surface area contributed by atoms with Gasteiger partial charge in [-0.05, 0) is 61.6 Å². The molecule has 2 nitrogen and oxygen atoms in total. The quantitative estimate of drug-likeness (QED) is 0.267. The van der Waals surface area contributed by atoms with Gasteiger partial charge in [-0.15, -0.1) is 0 Å². The molecule has 0 amide bonds. The lowest BCUT2D eigenvalue weighted by Crippen LogP contribution is -2.44. The summed E-state index contributed by atoms with van der Waals surface area (Å²) in [6, 6.07) is 6.28. The summed E-state index contributed by atoms with van der Waals surface area (Å²) in [4.78, 5) is 0. The Labute approximate surface area is 199 Å². The van der Waals surface area contributed by atoms with Gasteiger partial charge in [0.1, 0.15) is 18.2 Å². The minimum atomic E-state index is -5.08. The van der Waals surface area contributed by atoms with Crippen LogP contribution >= 0.6 is 0 Å². The first-order valence-corrected chi connectivity index (χ1v) is 11.1. The molecule has 0 aromatic heterocycles. The number of halogens is 7. The van der Waals surface area contributed by atoms with Gasteiger partial charge in [-0.2, -0.15) is 17.6 Å². The molecular formula is C26H25F7O2. The molecule has 190 valence electrons. The average molecular weight is 502 g/mol. The maximum absolute atomic E-state index is 15.2. The molecule has 0 atom stereocenters. The van der Waals surface area contributed by atoms with E-state index in [0.717, 1.165) is 32.4 Å². The lowest BCUT2D eigenvalue weighted by atomic mass is 9.80. The van der Waals surface area contributed by atoms with Crippen molar-refractivity contribution in [3.63, 3.8) is 0 Å². The lowest BCUT2D eigenvalue weighted by Gasteiger charge is -2.36. The highest BCUT2D eigenvalue weighted by atomic mass is 19.3. The molecule has 0 spiro atoms. The minimum absolute atomic E-state index is 0.0725. The highest BCUT2D eigenvalue weighted by Crippen LogP contribution is 2.58. The van der Waals surface area contributed by atoms with E-state index in [4.69, 9.17) is 9.47 Å². The van der Waals surface area contributed by atoms with E-state index >= 15 is 13.2 Å². The number of aryl methyl sites for hydroxylation is 1. The minimum Gasteiger partial charge on any atom is -0.491 e. The van der Waals surface area contributed by atoms with Gasteiger partial charge >= 0.3 is 11.8 Å². The Balaban J connectivity index is 2.02. The molecule has 1 aliphatic carbocycles. The van der Waals surface area contributed by atoms with Gasteiger partial charge in [-0.1, -0.05) is 31.5 Å². The number of ether oxygens (including phenoxy) is 2. The van der Waals surface area contributed by atoms with Crippen LogP contribution in [0.5, 0.6) is 5.75 Å². The van der Waals surface area contributed by atoms with Crippen molar-refractivity contribution in [1.82, 2.24) is 0 Å². The summed E-state index contributed by atoms with van der Waals surface area (Å²) in [5, 5.41) is 0. The fraction of sp³-hybridized carbons (Fsp3) is 0.385. The van der Waals surface area contributed by atoms with Crippen molar-refractivity contribution >= 4 is 5.57 Å². The molecule has 35 heavy (non-hydrogen) atoms. The Morgan fingerprint density at radius 2 is 1.66 bits per heavy atom. The Morgan fingerprint density at radius 1 is 0.971 bits per heavy atom. The van der Waals surface area contributed by atoms with Gasteiger partial charge < -0.3 is 9.47 Å². The number of benzene rings is 2. The summed E-state index contributed by atoms with van der Waals surface area (Å²) in [7, 11) is 0. The molecule has 0 heterocycles. The predicted molar refractivity (Wildman–Crippen MR) is 118 cm³/mol. The normalized spacial score (nSPS) is 17.1. The third-order valence-electron chi connectivity index (χ3n) is 5.83. The Morgan fingerprint density at radius 3 is 2.26 bits per heavy atom. The highest BCUT2D eigenvalue weighted by molar-refractivity contribution is 5.78. The van der Waals surface area contributed by atoms with Crippen LogP contribution in [0.15, 0.2) is 47.5 Å². The molecule has 9 heteroatoms. The monoisotopic (exact) mass is 502 g/mol. The second-order valence-electron chi connectivity index (χ2n) is 8.22. The first-order chi connectivity index (χ1) is 16.4. The van der Waals surface area contributed by atoms with E-state index in [1.807, 2.05) is 6.92 Å². The van der Waals surface area contributed by atoms with Crippen molar-refractivity contribution < 1.29 is 40.2 Å². The molecule has 0 saturated heterocycles. The largest absolute Gasteiger partial charge is 0.491 e.